The van der Waals surface area contributed by atoms with Crippen LogP contribution in [-0.2, 0) is 0 Å². The molecule has 1 aliphatic rings. The van der Waals surface area contributed by atoms with Gasteiger partial charge in [-0.25, -0.2) is 0 Å². The molecule has 16 heavy (non-hydrogen) atoms. The van der Waals surface area contributed by atoms with Crippen molar-refractivity contribution >= 4 is 11.8 Å². The molecule has 1 atom stereocenters. The minimum absolute atomic E-state index is 0.295. The van der Waals surface area contributed by atoms with Crippen LogP contribution >= 0.6 is 11.8 Å². The van der Waals surface area contributed by atoms with E-state index in [1.807, 2.05) is 0 Å². The Morgan fingerprint density at radius 2 is 1.88 bits per heavy atom. The fraction of sp³-hybridized carbons (Fsp3) is 0.571. The van der Waals surface area contributed by atoms with Gasteiger partial charge in [0.15, 0.2) is 0 Å². The Morgan fingerprint density at radius 3 is 2.38 bits per heavy atom. The van der Waals surface area contributed by atoms with E-state index < -0.39 is 0 Å². The molecular formula is C14H20OS. The van der Waals surface area contributed by atoms with E-state index >= 15 is 0 Å². The average Bonchev–Trinajstić information content (AvgIpc) is 2.85. The molecule has 0 amide bonds. The van der Waals surface area contributed by atoms with Crippen molar-refractivity contribution in [2.75, 3.05) is 12.9 Å². The Balaban J connectivity index is 2.12. The maximum Gasteiger partial charge on any atom is 0.0502 e. The molecule has 0 heterocycles. The van der Waals surface area contributed by atoms with E-state index in [9.17, 15) is 5.11 Å². The molecule has 88 valence electrons. The summed E-state index contributed by atoms with van der Waals surface area (Å²) >= 11 is 1.77. The van der Waals surface area contributed by atoms with Crippen molar-refractivity contribution in [3.8, 4) is 0 Å². The number of aliphatic hydroxyl groups excluding tert-OH is 1. The normalized spacial score (nSPS) is 18.9. The number of aliphatic hydroxyl groups is 1. The van der Waals surface area contributed by atoms with Gasteiger partial charge in [-0.15, -0.1) is 11.8 Å². The average molecular weight is 236 g/mol. The minimum atomic E-state index is 0.295. The number of hydrogen-bond donors (Lipinski definition) is 1. The van der Waals surface area contributed by atoms with Crippen molar-refractivity contribution in [3.05, 3.63) is 29.8 Å². The summed E-state index contributed by atoms with van der Waals surface area (Å²) in [5.41, 5.74) is 1.31. The van der Waals surface area contributed by atoms with Gasteiger partial charge in [0, 0.05) is 10.8 Å². The maximum absolute atomic E-state index is 9.56. The minimum Gasteiger partial charge on any atom is -0.396 e. The van der Waals surface area contributed by atoms with Gasteiger partial charge in [0.1, 0.15) is 0 Å². The van der Waals surface area contributed by atoms with Crippen LogP contribution in [0.2, 0.25) is 0 Å². The molecule has 0 radical (unpaired) electrons. The van der Waals surface area contributed by atoms with Crippen molar-refractivity contribution in [2.24, 2.45) is 5.92 Å². The largest absolute Gasteiger partial charge is 0.396 e. The van der Waals surface area contributed by atoms with Crippen molar-refractivity contribution < 1.29 is 5.11 Å². The van der Waals surface area contributed by atoms with Crippen molar-refractivity contribution in [1.82, 2.24) is 0 Å². The summed E-state index contributed by atoms with van der Waals surface area (Å²) in [5.74, 6) is 1.06. The highest BCUT2D eigenvalue weighted by Crippen LogP contribution is 2.37. The topological polar surface area (TPSA) is 20.2 Å². The molecule has 0 aliphatic heterocycles. The summed E-state index contributed by atoms with van der Waals surface area (Å²) in [6.45, 7) is 0.295. The van der Waals surface area contributed by atoms with Crippen LogP contribution in [0.25, 0.3) is 0 Å². The second kappa shape index (κ2) is 5.74. The smallest absolute Gasteiger partial charge is 0.0502 e. The maximum atomic E-state index is 9.56. The highest BCUT2D eigenvalue weighted by Gasteiger charge is 2.25. The molecule has 0 saturated heterocycles. The first-order chi connectivity index (χ1) is 7.85. The quantitative estimate of drug-likeness (QED) is 0.805. The lowest BCUT2D eigenvalue weighted by Crippen LogP contribution is -2.13. The van der Waals surface area contributed by atoms with E-state index in [1.54, 1.807) is 11.8 Å². The predicted octanol–water partition coefficient (Wildman–Crippen LogP) is 3.67. The fourth-order valence-corrected chi connectivity index (χ4v) is 3.15. The lowest BCUT2D eigenvalue weighted by molar-refractivity contribution is 0.226. The van der Waals surface area contributed by atoms with Crippen molar-refractivity contribution in [2.45, 2.75) is 36.5 Å². The third kappa shape index (κ3) is 2.61. The highest BCUT2D eigenvalue weighted by atomic mass is 32.2. The van der Waals surface area contributed by atoms with Gasteiger partial charge in [0.2, 0.25) is 0 Å². The van der Waals surface area contributed by atoms with Gasteiger partial charge < -0.3 is 5.11 Å². The van der Waals surface area contributed by atoms with Crippen molar-refractivity contribution in [3.63, 3.8) is 0 Å². The van der Waals surface area contributed by atoms with Gasteiger partial charge in [-0.2, -0.15) is 0 Å². The monoisotopic (exact) mass is 236 g/mol. The zero-order valence-electron chi connectivity index (χ0n) is 9.86. The zero-order chi connectivity index (χ0) is 11.4. The van der Waals surface area contributed by atoms with Gasteiger partial charge in [0.05, 0.1) is 6.61 Å². The van der Waals surface area contributed by atoms with Crippen molar-refractivity contribution in [1.29, 1.82) is 0 Å². The standard InChI is InChI=1S/C14H20OS/c1-16-13-8-6-12(7-9-13)14(10-15)11-4-2-3-5-11/h6-9,11,14-15H,2-5,10H2,1H3. The molecule has 1 unspecified atom stereocenters. The number of rotatable bonds is 4. The molecule has 2 heteroatoms. The van der Waals surface area contributed by atoms with Crippen LogP contribution < -0.4 is 0 Å². The fourth-order valence-electron chi connectivity index (χ4n) is 2.74. The van der Waals surface area contributed by atoms with Crippen LogP contribution in [0, 0.1) is 5.92 Å². The summed E-state index contributed by atoms with van der Waals surface area (Å²) < 4.78 is 0. The SMILES string of the molecule is CSc1ccc(C(CO)C2CCCC2)cc1. The molecule has 0 aromatic heterocycles. The second-order valence-corrected chi connectivity index (χ2v) is 5.49. The summed E-state index contributed by atoms with van der Waals surface area (Å²) in [7, 11) is 0. The molecule has 1 fully saturated rings. The third-order valence-electron chi connectivity index (χ3n) is 3.71. The summed E-state index contributed by atoms with van der Waals surface area (Å²) in [6, 6.07) is 8.70. The Morgan fingerprint density at radius 1 is 1.25 bits per heavy atom. The molecule has 1 aliphatic carbocycles. The van der Waals surface area contributed by atoms with E-state index in [-0.39, 0.29) is 0 Å². The third-order valence-corrected chi connectivity index (χ3v) is 4.45. The highest BCUT2D eigenvalue weighted by molar-refractivity contribution is 7.98. The first-order valence-electron chi connectivity index (χ1n) is 6.10. The van der Waals surface area contributed by atoms with Crippen LogP contribution in [0.15, 0.2) is 29.2 Å². The van der Waals surface area contributed by atoms with E-state index in [4.69, 9.17) is 0 Å². The van der Waals surface area contributed by atoms with Gasteiger partial charge in [-0.1, -0.05) is 25.0 Å². The van der Waals surface area contributed by atoms with Gasteiger partial charge in [0.25, 0.3) is 0 Å². The molecule has 0 spiro atoms. The first-order valence-corrected chi connectivity index (χ1v) is 7.32. The van der Waals surface area contributed by atoms with Crippen LogP contribution in [0.4, 0.5) is 0 Å². The summed E-state index contributed by atoms with van der Waals surface area (Å²) in [6.07, 6.45) is 7.34. The molecule has 1 N–H and O–H groups in total. The molecular weight excluding hydrogens is 216 g/mol. The Hall–Kier alpha value is -0.470. The number of benzene rings is 1. The zero-order valence-corrected chi connectivity index (χ0v) is 10.7. The van der Waals surface area contributed by atoms with E-state index in [2.05, 4.69) is 30.5 Å². The molecule has 0 bridgehead atoms. The Kier molecular flexibility index (Phi) is 4.30. The van der Waals surface area contributed by atoms with E-state index in [1.165, 1.54) is 36.1 Å². The lowest BCUT2D eigenvalue weighted by Gasteiger charge is -2.21. The molecule has 2 rings (SSSR count). The van der Waals surface area contributed by atoms with E-state index in [0.29, 0.717) is 18.4 Å². The van der Waals surface area contributed by atoms with Crippen LogP contribution in [0.3, 0.4) is 0 Å². The Labute approximate surface area is 102 Å². The van der Waals surface area contributed by atoms with E-state index in [0.717, 1.165) is 0 Å². The second-order valence-electron chi connectivity index (χ2n) is 4.61. The van der Waals surface area contributed by atoms with Crippen LogP contribution in [-0.4, -0.2) is 18.0 Å². The van der Waals surface area contributed by atoms with Crippen LogP contribution in [0.1, 0.15) is 37.2 Å². The Bertz CT molecular complexity index is 314. The molecule has 1 nitrogen and oxygen atoms in total. The predicted molar refractivity (Wildman–Crippen MR) is 70.0 cm³/mol. The van der Waals surface area contributed by atoms with Crippen LogP contribution in [0.5, 0.6) is 0 Å². The first kappa shape index (κ1) is 12.0. The molecule has 1 aromatic carbocycles. The number of hydrogen-bond acceptors (Lipinski definition) is 2. The van der Waals surface area contributed by atoms with Gasteiger partial charge in [-0.05, 0) is 42.7 Å². The summed E-state index contributed by atoms with van der Waals surface area (Å²) in [4.78, 5) is 1.30. The van der Waals surface area contributed by atoms with Gasteiger partial charge >= 0.3 is 0 Å². The number of thioether (sulfide) groups is 1. The summed E-state index contributed by atoms with van der Waals surface area (Å²) in [5, 5.41) is 9.56. The molecule has 1 saturated carbocycles. The molecule has 1 aromatic rings. The lowest BCUT2D eigenvalue weighted by atomic mass is 9.85. The van der Waals surface area contributed by atoms with Gasteiger partial charge in [-0.3, -0.25) is 0 Å².